The molecule has 2 unspecified atom stereocenters. The molecule has 1 aromatic rings. The monoisotopic (exact) mass is 291 g/mol. The van der Waals surface area contributed by atoms with Crippen molar-refractivity contribution in [1.29, 1.82) is 0 Å². The lowest BCUT2D eigenvalue weighted by Crippen LogP contribution is -2.31. The Bertz CT molecular complexity index is 479. The quantitative estimate of drug-likeness (QED) is 0.905. The van der Waals surface area contributed by atoms with Gasteiger partial charge in [-0.25, -0.2) is 0 Å². The molecule has 0 radical (unpaired) electrons. The number of hydrogen-bond donors (Lipinski definition) is 1. The smallest absolute Gasteiger partial charge is 0.226 e. The Labute approximate surface area is 126 Å². The van der Waals surface area contributed by atoms with E-state index in [1.165, 1.54) is 0 Å². The summed E-state index contributed by atoms with van der Waals surface area (Å²) in [4.78, 5) is 14.0. The van der Waals surface area contributed by atoms with Gasteiger partial charge in [-0.1, -0.05) is 18.2 Å². The predicted octanol–water partition coefficient (Wildman–Crippen LogP) is 2.30. The van der Waals surface area contributed by atoms with Crippen LogP contribution in [0.5, 0.6) is 5.75 Å². The number of ether oxygens (including phenoxy) is 1. The van der Waals surface area contributed by atoms with E-state index in [2.05, 4.69) is 0 Å². The van der Waals surface area contributed by atoms with Crippen molar-refractivity contribution in [3.8, 4) is 5.75 Å². The minimum Gasteiger partial charge on any atom is -0.493 e. The van der Waals surface area contributed by atoms with E-state index in [0.717, 1.165) is 29.8 Å². The lowest BCUT2D eigenvalue weighted by Gasteiger charge is -2.18. The van der Waals surface area contributed by atoms with Crippen LogP contribution in [0, 0.1) is 19.8 Å². The van der Waals surface area contributed by atoms with E-state index in [9.17, 15) is 9.90 Å². The summed E-state index contributed by atoms with van der Waals surface area (Å²) in [6.07, 6.45) is 0.940. The highest BCUT2D eigenvalue weighted by Gasteiger charge is 2.28. The van der Waals surface area contributed by atoms with Crippen LogP contribution in [-0.2, 0) is 4.79 Å². The molecule has 1 saturated heterocycles. The summed E-state index contributed by atoms with van der Waals surface area (Å²) >= 11 is 0. The lowest BCUT2D eigenvalue weighted by atomic mass is 10.0. The van der Waals surface area contributed by atoms with Gasteiger partial charge in [0.1, 0.15) is 5.75 Å². The van der Waals surface area contributed by atoms with E-state index in [1.54, 1.807) is 6.92 Å². The number of benzene rings is 1. The summed E-state index contributed by atoms with van der Waals surface area (Å²) in [7, 11) is 0. The maximum atomic E-state index is 12.1. The number of para-hydroxylation sites is 1. The van der Waals surface area contributed by atoms with E-state index in [0.29, 0.717) is 19.6 Å². The average molecular weight is 291 g/mol. The number of nitrogens with zero attached hydrogens (tertiary/aromatic N) is 1. The third-order valence-electron chi connectivity index (χ3n) is 4.23. The van der Waals surface area contributed by atoms with Gasteiger partial charge in [-0.15, -0.1) is 0 Å². The minimum atomic E-state index is -0.339. The van der Waals surface area contributed by atoms with Gasteiger partial charge in [0.05, 0.1) is 19.1 Å². The summed E-state index contributed by atoms with van der Waals surface area (Å²) < 4.78 is 5.78. The van der Waals surface area contributed by atoms with Crippen molar-refractivity contribution in [1.82, 2.24) is 4.90 Å². The van der Waals surface area contributed by atoms with Crippen LogP contribution in [0.3, 0.4) is 0 Å². The van der Waals surface area contributed by atoms with Crippen molar-refractivity contribution in [3.05, 3.63) is 29.3 Å². The van der Waals surface area contributed by atoms with Crippen LogP contribution >= 0.6 is 0 Å². The second-order valence-electron chi connectivity index (χ2n) is 5.95. The zero-order chi connectivity index (χ0) is 15.4. The molecule has 0 saturated carbocycles. The molecule has 0 aromatic heterocycles. The van der Waals surface area contributed by atoms with Crippen LogP contribution in [-0.4, -0.2) is 41.7 Å². The Morgan fingerprint density at radius 2 is 2.10 bits per heavy atom. The predicted molar refractivity (Wildman–Crippen MR) is 82.4 cm³/mol. The molecule has 4 nitrogen and oxygen atoms in total. The Hall–Kier alpha value is -1.55. The molecular formula is C17H25NO3. The number of rotatable bonds is 5. The number of aliphatic hydroxyl groups is 1. The van der Waals surface area contributed by atoms with Gasteiger partial charge >= 0.3 is 0 Å². The van der Waals surface area contributed by atoms with Crippen molar-refractivity contribution in [2.75, 3.05) is 19.7 Å². The molecule has 1 aliphatic rings. The first-order valence-electron chi connectivity index (χ1n) is 7.64. The molecule has 116 valence electrons. The second-order valence-corrected chi connectivity index (χ2v) is 5.95. The Balaban J connectivity index is 1.80. The van der Waals surface area contributed by atoms with Gasteiger partial charge in [0, 0.05) is 19.0 Å². The molecule has 1 aliphatic heterocycles. The molecule has 1 fully saturated rings. The third-order valence-corrected chi connectivity index (χ3v) is 4.23. The zero-order valence-corrected chi connectivity index (χ0v) is 13.1. The number of amides is 1. The normalized spacial score (nSPS) is 19.6. The molecule has 21 heavy (non-hydrogen) atoms. The fraction of sp³-hybridized carbons (Fsp3) is 0.588. The van der Waals surface area contributed by atoms with E-state index in [1.807, 2.05) is 36.9 Å². The van der Waals surface area contributed by atoms with Crippen molar-refractivity contribution in [2.45, 2.75) is 39.7 Å². The first-order chi connectivity index (χ1) is 9.99. The first kappa shape index (κ1) is 15.8. The van der Waals surface area contributed by atoms with Crippen LogP contribution in [0.1, 0.15) is 30.9 Å². The molecule has 0 spiro atoms. The summed E-state index contributed by atoms with van der Waals surface area (Å²) in [5, 5.41) is 9.57. The molecule has 0 bridgehead atoms. The largest absolute Gasteiger partial charge is 0.493 e. The molecule has 1 aromatic carbocycles. The van der Waals surface area contributed by atoms with Gasteiger partial charge in [-0.3, -0.25) is 4.79 Å². The van der Waals surface area contributed by atoms with Crippen LogP contribution in [0.15, 0.2) is 18.2 Å². The number of aryl methyl sites for hydroxylation is 2. The van der Waals surface area contributed by atoms with Crippen molar-refractivity contribution >= 4 is 5.91 Å². The van der Waals surface area contributed by atoms with Crippen LogP contribution in [0.2, 0.25) is 0 Å². The van der Waals surface area contributed by atoms with E-state index in [4.69, 9.17) is 4.74 Å². The third kappa shape index (κ3) is 3.97. The summed E-state index contributed by atoms with van der Waals surface area (Å²) in [5.41, 5.74) is 2.19. The number of carbonyl (C=O) groups is 1. The zero-order valence-electron chi connectivity index (χ0n) is 13.1. The highest BCUT2D eigenvalue weighted by molar-refractivity contribution is 5.76. The Morgan fingerprint density at radius 1 is 1.43 bits per heavy atom. The number of hydrogen-bond acceptors (Lipinski definition) is 3. The SMILES string of the molecule is Cc1cccc(C)c1OCCC(=O)N1CCC(C(C)O)C1. The standard InChI is InChI=1S/C17H25NO3/c1-12-5-4-6-13(2)17(12)21-10-8-16(20)18-9-7-15(11-18)14(3)19/h4-6,14-15,19H,7-11H2,1-3H3. The molecule has 4 heteroatoms. The maximum Gasteiger partial charge on any atom is 0.226 e. The Morgan fingerprint density at radius 3 is 2.67 bits per heavy atom. The first-order valence-corrected chi connectivity index (χ1v) is 7.64. The van der Waals surface area contributed by atoms with Crippen molar-refractivity contribution in [3.63, 3.8) is 0 Å². The van der Waals surface area contributed by atoms with Crippen LogP contribution < -0.4 is 4.74 Å². The Kier molecular flexibility index (Phi) is 5.23. The maximum absolute atomic E-state index is 12.1. The fourth-order valence-corrected chi connectivity index (χ4v) is 2.83. The van der Waals surface area contributed by atoms with E-state index < -0.39 is 0 Å². The van der Waals surface area contributed by atoms with Gasteiger partial charge in [-0.05, 0) is 38.3 Å². The molecule has 2 atom stereocenters. The van der Waals surface area contributed by atoms with Gasteiger partial charge in [0.2, 0.25) is 5.91 Å². The van der Waals surface area contributed by atoms with E-state index >= 15 is 0 Å². The van der Waals surface area contributed by atoms with Crippen LogP contribution in [0.4, 0.5) is 0 Å². The van der Waals surface area contributed by atoms with Gasteiger partial charge in [0.15, 0.2) is 0 Å². The summed E-state index contributed by atoms with van der Waals surface area (Å²) in [5.74, 6) is 1.21. The summed E-state index contributed by atoms with van der Waals surface area (Å²) in [6.45, 7) is 7.64. The second kappa shape index (κ2) is 6.94. The molecule has 2 rings (SSSR count). The van der Waals surface area contributed by atoms with E-state index in [-0.39, 0.29) is 17.9 Å². The lowest BCUT2D eigenvalue weighted by molar-refractivity contribution is -0.130. The molecule has 1 amide bonds. The number of aliphatic hydroxyl groups excluding tert-OH is 1. The topological polar surface area (TPSA) is 49.8 Å². The highest BCUT2D eigenvalue weighted by Crippen LogP contribution is 2.23. The molecule has 1 heterocycles. The van der Waals surface area contributed by atoms with Crippen molar-refractivity contribution < 1.29 is 14.6 Å². The van der Waals surface area contributed by atoms with Crippen molar-refractivity contribution in [2.24, 2.45) is 5.92 Å². The van der Waals surface area contributed by atoms with Gasteiger partial charge < -0.3 is 14.7 Å². The average Bonchev–Trinajstić information content (AvgIpc) is 2.92. The van der Waals surface area contributed by atoms with Gasteiger partial charge in [-0.2, -0.15) is 0 Å². The number of likely N-dealkylation sites (tertiary alicyclic amines) is 1. The molecule has 0 aliphatic carbocycles. The van der Waals surface area contributed by atoms with Gasteiger partial charge in [0.25, 0.3) is 0 Å². The molecule has 1 N–H and O–H groups in total. The fourth-order valence-electron chi connectivity index (χ4n) is 2.83. The summed E-state index contributed by atoms with van der Waals surface area (Å²) in [6, 6.07) is 6.03. The minimum absolute atomic E-state index is 0.115. The number of carbonyl (C=O) groups excluding carboxylic acids is 1. The highest BCUT2D eigenvalue weighted by atomic mass is 16.5. The van der Waals surface area contributed by atoms with Crippen LogP contribution in [0.25, 0.3) is 0 Å². The molecular weight excluding hydrogens is 266 g/mol.